The number of ether oxygens (including phenoxy) is 2. The molecule has 1 aromatic carbocycles. The van der Waals surface area contributed by atoms with Crippen molar-refractivity contribution in [2.45, 2.75) is 0 Å². The van der Waals surface area contributed by atoms with Crippen molar-refractivity contribution in [3.8, 4) is 11.5 Å². The average Bonchev–Trinajstić information content (AvgIpc) is 3.15. The zero-order chi connectivity index (χ0) is 18.1. The number of esters is 1. The molecule has 0 saturated carbocycles. The Balaban J connectivity index is 2.02. The van der Waals surface area contributed by atoms with Gasteiger partial charge in [-0.2, -0.15) is 5.10 Å². The Labute approximate surface area is 150 Å². The van der Waals surface area contributed by atoms with Crippen LogP contribution in [0.15, 0.2) is 58.8 Å². The van der Waals surface area contributed by atoms with Crippen molar-refractivity contribution in [1.29, 1.82) is 0 Å². The summed E-state index contributed by atoms with van der Waals surface area (Å²) in [5.41, 5.74) is 3.40. The molecule has 0 aliphatic rings. The van der Waals surface area contributed by atoms with E-state index in [-0.39, 0.29) is 11.5 Å². The van der Waals surface area contributed by atoms with Crippen molar-refractivity contribution in [2.24, 2.45) is 5.10 Å². The number of nitrogens with zero attached hydrogens (tertiary/aromatic N) is 1. The summed E-state index contributed by atoms with van der Waals surface area (Å²) >= 11 is 5.02. The Morgan fingerprint density at radius 1 is 1.40 bits per heavy atom. The number of hydrogen-bond acceptors (Lipinski definition) is 6. The maximum atomic E-state index is 11.9. The Hall–Kier alpha value is -3.13. The average molecular weight is 359 g/mol. The summed E-state index contributed by atoms with van der Waals surface area (Å²) in [5, 5.41) is 7.27. The first-order valence-corrected chi connectivity index (χ1v) is 7.66. The molecule has 2 rings (SSSR count). The van der Waals surface area contributed by atoms with E-state index in [1.807, 2.05) is 0 Å². The van der Waals surface area contributed by atoms with Crippen LogP contribution < -0.4 is 20.2 Å². The van der Waals surface area contributed by atoms with Gasteiger partial charge in [0.15, 0.2) is 16.6 Å². The molecule has 1 aromatic heterocycles. The van der Waals surface area contributed by atoms with Gasteiger partial charge in [-0.25, -0.2) is 4.79 Å². The van der Waals surface area contributed by atoms with E-state index in [9.17, 15) is 4.79 Å². The van der Waals surface area contributed by atoms with Crippen LogP contribution >= 0.6 is 12.2 Å². The second-order valence-electron chi connectivity index (χ2n) is 4.65. The number of benzene rings is 1. The minimum absolute atomic E-state index is 0.109. The maximum absolute atomic E-state index is 11.9. The van der Waals surface area contributed by atoms with Crippen LogP contribution in [0.3, 0.4) is 0 Å². The predicted molar refractivity (Wildman–Crippen MR) is 98.2 cm³/mol. The van der Waals surface area contributed by atoms with Crippen LogP contribution in [0.2, 0.25) is 0 Å². The molecular formula is C17H17N3O4S. The van der Waals surface area contributed by atoms with Crippen LogP contribution in [0.5, 0.6) is 11.5 Å². The minimum Gasteiger partial charge on any atom is -0.493 e. The van der Waals surface area contributed by atoms with E-state index in [4.69, 9.17) is 26.1 Å². The summed E-state index contributed by atoms with van der Waals surface area (Å²) in [6.45, 7) is 4.13. The Morgan fingerprint density at radius 3 is 2.92 bits per heavy atom. The molecule has 0 saturated heterocycles. The third kappa shape index (κ3) is 5.47. The van der Waals surface area contributed by atoms with Crippen molar-refractivity contribution in [3.63, 3.8) is 0 Å². The highest BCUT2D eigenvalue weighted by atomic mass is 32.1. The molecule has 0 radical (unpaired) electrons. The summed E-state index contributed by atoms with van der Waals surface area (Å²) in [6, 6.07) is 8.13. The van der Waals surface area contributed by atoms with Crippen molar-refractivity contribution in [3.05, 3.63) is 60.6 Å². The van der Waals surface area contributed by atoms with Gasteiger partial charge in [-0.3, -0.25) is 5.43 Å². The second-order valence-corrected chi connectivity index (χ2v) is 5.05. The third-order valence-corrected chi connectivity index (χ3v) is 3.13. The zero-order valence-corrected chi connectivity index (χ0v) is 14.3. The molecule has 7 nitrogen and oxygen atoms in total. The van der Waals surface area contributed by atoms with E-state index in [2.05, 4.69) is 22.4 Å². The summed E-state index contributed by atoms with van der Waals surface area (Å²) in [4.78, 5) is 11.9. The van der Waals surface area contributed by atoms with Crippen LogP contribution in [0.4, 0.5) is 0 Å². The number of carbonyl (C=O) groups excluding carboxylic acids is 1. The molecule has 0 aliphatic carbocycles. The normalized spacial score (nSPS) is 10.3. The molecule has 2 N–H and O–H groups in total. The summed E-state index contributed by atoms with van der Waals surface area (Å²) in [5.74, 6) is 0.163. The number of thiocarbonyl (C=S) groups is 1. The molecule has 0 amide bonds. The molecule has 130 valence electrons. The Bertz CT molecular complexity index is 772. The van der Waals surface area contributed by atoms with Crippen molar-refractivity contribution in [1.82, 2.24) is 10.7 Å². The highest BCUT2D eigenvalue weighted by molar-refractivity contribution is 7.80. The number of carbonyl (C=O) groups is 1. The maximum Gasteiger partial charge on any atom is 0.379 e. The molecule has 0 bridgehead atoms. The zero-order valence-electron chi connectivity index (χ0n) is 13.5. The molecule has 0 aliphatic heterocycles. The van der Waals surface area contributed by atoms with Crippen molar-refractivity contribution < 1.29 is 18.7 Å². The monoisotopic (exact) mass is 359 g/mol. The number of hydrazone groups is 1. The number of furan rings is 1. The SMILES string of the molecule is C=CCNC(=S)N/N=C\c1ccc(OC(=O)c2ccco2)c(OC)c1. The van der Waals surface area contributed by atoms with Crippen molar-refractivity contribution in [2.75, 3.05) is 13.7 Å². The van der Waals surface area contributed by atoms with Gasteiger partial charge in [-0.1, -0.05) is 6.08 Å². The lowest BCUT2D eigenvalue weighted by Crippen LogP contribution is -2.31. The van der Waals surface area contributed by atoms with E-state index in [1.54, 1.807) is 36.6 Å². The summed E-state index contributed by atoms with van der Waals surface area (Å²) in [7, 11) is 1.48. The fourth-order valence-electron chi connectivity index (χ4n) is 1.76. The van der Waals surface area contributed by atoms with Gasteiger partial charge in [0.25, 0.3) is 0 Å². The molecule has 8 heteroatoms. The molecule has 1 heterocycles. The van der Waals surface area contributed by atoms with Gasteiger partial charge in [-0.15, -0.1) is 6.58 Å². The Kier molecular flexibility index (Phi) is 6.73. The minimum atomic E-state index is -0.606. The van der Waals surface area contributed by atoms with E-state index >= 15 is 0 Å². The first kappa shape index (κ1) is 18.2. The molecule has 0 fully saturated rings. The fourth-order valence-corrected chi connectivity index (χ4v) is 1.90. The van der Waals surface area contributed by atoms with Crippen LogP contribution in [-0.4, -0.2) is 31.0 Å². The second kappa shape index (κ2) is 9.24. The topological polar surface area (TPSA) is 85.1 Å². The van der Waals surface area contributed by atoms with Crippen LogP contribution in [0.25, 0.3) is 0 Å². The lowest BCUT2D eigenvalue weighted by molar-refractivity contribution is 0.0696. The first-order chi connectivity index (χ1) is 12.1. The molecule has 0 atom stereocenters. The van der Waals surface area contributed by atoms with Crippen molar-refractivity contribution >= 4 is 29.5 Å². The smallest absolute Gasteiger partial charge is 0.379 e. The fraction of sp³-hybridized carbons (Fsp3) is 0.118. The van der Waals surface area contributed by atoms with E-state index in [0.29, 0.717) is 17.4 Å². The van der Waals surface area contributed by atoms with Gasteiger partial charge in [0.1, 0.15) is 0 Å². The third-order valence-electron chi connectivity index (χ3n) is 2.90. The van der Waals surface area contributed by atoms with Gasteiger partial charge in [0.05, 0.1) is 19.6 Å². The lowest BCUT2D eigenvalue weighted by atomic mass is 10.2. The first-order valence-electron chi connectivity index (χ1n) is 7.25. The standard InChI is InChI=1S/C17H17N3O4S/c1-3-8-18-17(25)20-19-11-12-6-7-13(15(10-12)22-2)24-16(21)14-5-4-9-23-14/h3-7,9-11H,1,8H2,2H3,(H2,18,20,25)/b19-11-. The lowest BCUT2D eigenvalue weighted by Gasteiger charge is -2.09. The number of nitrogens with one attached hydrogen (secondary N) is 2. The molecule has 2 aromatic rings. The van der Waals surface area contributed by atoms with Gasteiger partial charge in [0, 0.05) is 6.54 Å². The summed E-state index contributed by atoms with van der Waals surface area (Å²) in [6.07, 6.45) is 4.64. The van der Waals surface area contributed by atoms with E-state index in [1.165, 1.54) is 19.4 Å². The molecule has 0 spiro atoms. The van der Waals surface area contributed by atoms with Crippen LogP contribution in [0, 0.1) is 0 Å². The Morgan fingerprint density at radius 2 is 2.24 bits per heavy atom. The molecule has 0 unspecified atom stereocenters. The molecular weight excluding hydrogens is 342 g/mol. The van der Waals surface area contributed by atoms with Gasteiger partial charge in [-0.05, 0) is 48.1 Å². The van der Waals surface area contributed by atoms with E-state index in [0.717, 1.165) is 5.56 Å². The number of methoxy groups -OCH3 is 1. The highest BCUT2D eigenvalue weighted by Crippen LogP contribution is 2.28. The highest BCUT2D eigenvalue weighted by Gasteiger charge is 2.14. The quantitative estimate of drug-likeness (QED) is 0.196. The predicted octanol–water partition coefficient (Wildman–Crippen LogP) is 2.49. The van der Waals surface area contributed by atoms with Crippen LogP contribution in [-0.2, 0) is 0 Å². The van der Waals surface area contributed by atoms with Gasteiger partial charge < -0.3 is 19.2 Å². The van der Waals surface area contributed by atoms with Gasteiger partial charge in [0.2, 0.25) is 5.76 Å². The summed E-state index contributed by atoms with van der Waals surface area (Å²) < 4.78 is 15.5. The molecule has 25 heavy (non-hydrogen) atoms. The van der Waals surface area contributed by atoms with E-state index < -0.39 is 5.97 Å². The van der Waals surface area contributed by atoms with Gasteiger partial charge >= 0.3 is 5.97 Å². The van der Waals surface area contributed by atoms with Crippen LogP contribution in [0.1, 0.15) is 16.1 Å². The number of rotatable bonds is 7. The largest absolute Gasteiger partial charge is 0.493 e. The number of hydrogen-bond donors (Lipinski definition) is 2.